The Kier molecular flexibility index (Phi) is 31.1. The van der Waals surface area contributed by atoms with Crippen molar-refractivity contribution in [1.82, 2.24) is 51.0 Å². The topological polar surface area (TPSA) is 206 Å². The van der Waals surface area contributed by atoms with Crippen molar-refractivity contribution in [2.75, 3.05) is 152 Å². The molecule has 84 heavy (non-hydrogen) atoms. The minimum atomic E-state index is -0.359. The Hall–Kier alpha value is -7.20. The molecular weight excluding hydrogens is 1060 g/mol. The van der Waals surface area contributed by atoms with Gasteiger partial charge in [-0.15, -0.1) is 0 Å². The summed E-state index contributed by atoms with van der Waals surface area (Å²) in [6.45, 7) is 24.2. The molecule has 5 heterocycles. The predicted molar refractivity (Wildman–Crippen MR) is 336 cm³/mol. The molecule has 4 N–H and O–H groups in total. The fraction of sp³-hybridized carbons (Fsp3) is 0.562. The highest BCUT2D eigenvalue weighted by atomic mass is 16.5. The fourth-order valence-corrected chi connectivity index (χ4v) is 10.3. The molecule has 20 nitrogen and oxygen atoms in total. The number of carbonyl (C=O) groups is 4. The van der Waals surface area contributed by atoms with Crippen molar-refractivity contribution in [1.29, 1.82) is 0 Å². The van der Waals surface area contributed by atoms with E-state index in [2.05, 4.69) is 95.1 Å². The van der Waals surface area contributed by atoms with Gasteiger partial charge in [-0.3, -0.25) is 24.2 Å². The van der Waals surface area contributed by atoms with Crippen molar-refractivity contribution in [3.63, 3.8) is 0 Å². The predicted octanol–water partition coefficient (Wildman–Crippen LogP) is 5.96. The number of hydrogen-bond donors (Lipinski definition) is 4. The second-order valence-electron chi connectivity index (χ2n) is 21.0. The van der Waals surface area contributed by atoms with E-state index in [0.29, 0.717) is 74.7 Å². The van der Waals surface area contributed by atoms with Crippen LogP contribution in [0.2, 0.25) is 0 Å². The van der Waals surface area contributed by atoms with Crippen LogP contribution < -0.4 is 40.9 Å². The van der Waals surface area contributed by atoms with Crippen molar-refractivity contribution in [2.45, 2.75) is 104 Å². The Bertz CT molecular complexity index is 2690. The number of morpholine rings is 2. The van der Waals surface area contributed by atoms with Gasteiger partial charge < -0.3 is 55.1 Å². The van der Waals surface area contributed by atoms with Crippen molar-refractivity contribution in [3.8, 4) is 23.7 Å². The molecule has 8 rings (SSSR count). The quantitative estimate of drug-likeness (QED) is 0.0432. The third-order valence-electron chi connectivity index (χ3n) is 15.0. The normalized spacial score (nSPS) is 15.7. The second-order valence-corrected chi connectivity index (χ2v) is 21.0. The lowest BCUT2D eigenvalue weighted by molar-refractivity contribution is -0.109. The van der Waals surface area contributed by atoms with E-state index in [1.54, 1.807) is 7.05 Å². The highest BCUT2D eigenvalue weighted by Crippen LogP contribution is 2.27. The first-order valence-electron chi connectivity index (χ1n) is 30.2. The van der Waals surface area contributed by atoms with Crippen LogP contribution in [0.15, 0.2) is 60.7 Å². The van der Waals surface area contributed by atoms with E-state index in [1.165, 1.54) is 38.5 Å². The Morgan fingerprint density at radius 2 is 1.19 bits per heavy atom. The summed E-state index contributed by atoms with van der Waals surface area (Å²) in [7, 11) is 5.31. The van der Waals surface area contributed by atoms with Crippen LogP contribution in [0.4, 0.5) is 23.0 Å². The van der Waals surface area contributed by atoms with Gasteiger partial charge in [-0.1, -0.05) is 57.3 Å². The molecule has 20 heteroatoms. The molecule has 1 atom stereocenters. The number of unbranched alkanes of at least 4 members (excludes halogenated alkanes) is 3. The average molecular weight is 1160 g/mol. The van der Waals surface area contributed by atoms with E-state index in [0.717, 1.165) is 126 Å². The van der Waals surface area contributed by atoms with Gasteiger partial charge in [-0.25, -0.2) is 19.9 Å². The van der Waals surface area contributed by atoms with Crippen molar-refractivity contribution < 1.29 is 28.7 Å². The maximum Gasteiger partial charge on any atom is 0.251 e. The van der Waals surface area contributed by atoms with Crippen LogP contribution in [0.3, 0.4) is 0 Å². The zero-order valence-electron chi connectivity index (χ0n) is 51.2. The standard InChI is InChI=1S/C59H80N12O4.C2H5NO.C2H7N.CH2O/c1-5-8-9-13-30-68(6-2)56-44-53(46(4)61-59(73)48-22-26-51(27-23-48)70-37-41-75-42-38-70)63-55(64-56)19-15-29-67-33-31-66(32-34-67)28-14-18-54-62-49(43-57(65-54)71(7-3)52-16-11-10-12-17-52)45-60-58(72)47-20-24-50(25-21-47)69-35-39-74-40-36-69;1-3-2-4;1-3-2;1-2/h20-27,43-44,46,52H,5-13,16-17,28-42,45H2,1-4H3,(H,60,72)(H,61,73);2H,1H3,(H,3,4);3H,1-2H3;1H2/t46-;;;/m0.../s1. The number of nitrogens with zero attached hydrogens (tertiary/aromatic N) is 10. The Morgan fingerprint density at radius 3 is 1.69 bits per heavy atom. The number of piperazine rings is 1. The first-order valence-corrected chi connectivity index (χ1v) is 30.2. The molecule has 0 bridgehead atoms. The van der Waals surface area contributed by atoms with Crippen LogP contribution in [0.5, 0.6) is 0 Å². The monoisotopic (exact) mass is 1150 g/mol. The maximum atomic E-state index is 13.5. The maximum absolute atomic E-state index is 13.5. The van der Waals surface area contributed by atoms with E-state index in [9.17, 15) is 9.59 Å². The second kappa shape index (κ2) is 38.6. The lowest BCUT2D eigenvalue weighted by Gasteiger charge is -2.34. The first kappa shape index (κ1) is 67.6. The fourth-order valence-electron chi connectivity index (χ4n) is 10.3. The number of carbonyl (C=O) groups excluding carboxylic acids is 4. The van der Waals surface area contributed by atoms with E-state index < -0.39 is 0 Å². The zero-order valence-corrected chi connectivity index (χ0v) is 51.2. The summed E-state index contributed by atoms with van der Waals surface area (Å²) in [5, 5.41) is 11.3. The third kappa shape index (κ3) is 22.4. The summed E-state index contributed by atoms with van der Waals surface area (Å²) in [6, 6.07) is 19.7. The number of rotatable bonds is 21. The molecule has 2 aromatic heterocycles. The minimum absolute atomic E-state index is 0.139. The summed E-state index contributed by atoms with van der Waals surface area (Å²) in [5.41, 5.74) is 4.89. The lowest BCUT2D eigenvalue weighted by Crippen LogP contribution is -2.46. The van der Waals surface area contributed by atoms with Crippen molar-refractivity contribution >= 4 is 48.0 Å². The molecule has 4 aromatic rings. The number of ether oxygens (including phenoxy) is 2. The number of benzene rings is 2. The van der Waals surface area contributed by atoms with Gasteiger partial charge >= 0.3 is 0 Å². The zero-order chi connectivity index (χ0) is 60.3. The first-order chi connectivity index (χ1) is 41.1. The molecule has 1 aliphatic carbocycles. The number of nitrogens with one attached hydrogen (secondary N) is 4. The average Bonchev–Trinajstić information content (AvgIpc) is 3.54. The molecule has 2 aromatic carbocycles. The van der Waals surface area contributed by atoms with Crippen LogP contribution in [0, 0.1) is 23.7 Å². The van der Waals surface area contributed by atoms with Crippen LogP contribution in [-0.4, -0.2) is 193 Å². The smallest absolute Gasteiger partial charge is 0.251 e. The van der Waals surface area contributed by atoms with Crippen molar-refractivity contribution in [3.05, 3.63) is 94.8 Å². The minimum Gasteiger partial charge on any atom is -0.378 e. The van der Waals surface area contributed by atoms with Gasteiger partial charge in [0.2, 0.25) is 18.1 Å². The lowest BCUT2D eigenvalue weighted by atomic mass is 9.94. The van der Waals surface area contributed by atoms with Gasteiger partial charge in [-0.2, -0.15) is 0 Å². The van der Waals surface area contributed by atoms with Gasteiger partial charge in [0, 0.05) is 120 Å². The van der Waals surface area contributed by atoms with Gasteiger partial charge in [-0.05, 0) is 115 Å². The van der Waals surface area contributed by atoms with Crippen LogP contribution in [0.25, 0.3) is 0 Å². The number of hydrogen-bond acceptors (Lipinski definition) is 17. The van der Waals surface area contributed by atoms with E-state index in [4.69, 9.17) is 39.0 Å². The third-order valence-corrected chi connectivity index (χ3v) is 15.0. The highest BCUT2D eigenvalue weighted by Gasteiger charge is 2.24. The van der Waals surface area contributed by atoms with E-state index >= 15 is 0 Å². The van der Waals surface area contributed by atoms with E-state index in [-0.39, 0.29) is 24.4 Å². The molecule has 3 aliphatic heterocycles. The van der Waals surface area contributed by atoms with E-state index in [1.807, 2.05) is 88.5 Å². The Labute approximate surface area is 500 Å². The molecule has 0 spiro atoms. The molecule has 1 saturated carbocycles. The van der Waals surface area contributed by atoms with Gasteiger partial charge in [0.25, 0.3) is 11.8 Å². The molecule has 4 aliphatic rings. The molecule has 0 radical (unpaired) electrons. The van der Waals surface area contributed by atoms with Gasteiger partial charge in [0.15, 0.2) is 0 Å². The summed E-state index contributed by atoms with van der Waals surface area (Å²) >= 11 is 0. The number of anilines is 4. The van der Waals surface area contributed by atoms with Crippen molar-refractivity contribution in [2.24, 2.45) is 0 Å². The summed E-state index contributed by atoms with van der Waals surface area (Å²) in [6.07, 6.45) is 11.3. The van der Waals surface area contributed by atoms with Crippen LogP contribution >= 0.6 is 0 Å². The highest BCUT2D eigenvalue weighted by molar-refractivity contribution is 5.95. The van der Waals surface area contributed by atoms with Gasteiger partial charge in [0.05, 0.1) is 63.5 Å². The molecule has 0 unspecified atom stereocenters. The molecular formula is C64H94N14O6. The number of aromatic nitrogens is 4. The largest absolute Gasteiger partial charge is 0.378 e. The molecule has 3 saturated heterocycles. The molecule has 4 fully saturated rings. The van der Waals surface area contributed by atoms with Gasteiger partial charge in [0.1, 0.15) is 18.4 Å². The molecule has 456 valence electrons. The summed E-state index contributed by atoms with van der Waals surface area (Å²) < 4.78 is 11.0. The van der Waals surface area contributed by atoms with Crippen LogP contribution in [0.1, 0.15) is 135 Å². The summed E-state index contributed by atoms with van der Waals surface area (Å²) in [5.74, 6) is 15.7. The Morgan fingerprint density at radius 1 is 0.679 bits per heavy atom. The summed E-state index contributed by atoms with van der Waals surface area (Å²) in [4.78, 5) is 77.7. The molecule has 3 amide bonds. The Balaban J connectivity index is 0.00000135. The number of amides is 3. The van der Waals surface area contributed by atoms with Crippen LogP contribution in [-0.2, 0) is 25.6 Å². The SMILES string of the molecule is C=O.CCCCCCN(CC)c1cc([C@H](C)NC(=O)c2ccc(N3CCOCC3)cc2)nc(C#CCN2CCN(CC#Cc3nc(CNC(=O)c4ccc(N5CCOCC5)cc4)cc(N(CC)C4CCCCC4)n3)CC2)n1.CNC.CNC=O.